The van der Waals surface area contributed by atoms with E-state index in [0.717, 1.165) is 6.54 Å². The Hall–Kier alpha value is -1.29. The van der Waals surface area contributed by atoms with Crippen molar-refractivity contribution in [3.63, 3.8) is 0 Å². The van der Waals surface area contributed by atoms with Gasteiger partial charge in [0, 0.05) is 12.6 Å². The SMILES string of the molecule is CC1CC(C)C(C)N(c2ccc(Cl)c(C(=O)O)n2)C1. The number of hydrogen-bond donors (Lipinski definition) is 1. The number of carboxylic acid groups (broad SMARTS) is 1. The summed E-state index contributed by atoms with van der Waals surface area (Å²) < 4.78 is 0. The zero-order valence-corrected chi connectivity index (χ0v) is 12.2. The number of aromatic carboxylic acids is 1. The number of carbonyl (C=O) groups is 1. The second kappa shape index (κ2) is 5.37. The average Bonchev–Trinajstić information content (AvgIpc) is 2.34. The summed E-state index contributed by atoms with van der Waals surface area (Å²) in [4.78, 5) is 17.5. The van der Waals surface area contributed by atoms with E-state index in [1.165, 1.54) is 6.42 Å². The van der Waals surface area contributed by atoms with Crippen LogP contribution in [-0.4, -0.2) is 28.6 Å². The Morgan fingerprint density at radius 1 is 1.42 bits per heavy atom. The van der Waals surface area contributed by atoms with E-state index in [2.05, 4.69) is 30.7 Å². The zero-order valence-electron chi connectivity index (χ0n) is 11.4. The molecule has 0 amide bonds. The minimum atomic E-state index is -1.09. The molecule has 3 atom stereocenters. The fourth-order valence-corrected chi connectivity index (χ4v) is 2.95. The van der Waals surface area contributed by atoms with Crippen molar-refractivity contribution in [1.82, 2.24) is 4.98 Å². The maximum absolute atomic E-state index is 11.1. The number of rotatable bonds is 2. The fourth-order valence-electron chi connectivity index (χ4n) is 2.76. The summed E-state index contributed by atoms with van der Waals surface area (Å²) in [5.74, 6) is 0.761. The Bertz CT molecular complexity index is 492. The van der Waals surface area contributed by atoms with Crippen LogP contribution >= 0.6 is 11.6 Å². The molecule has 0 aromatic carbocycles. The van der Waals surface area contributed by atoms with Crippen LogP contribution in [0, 0.1) is 11.8 Å². The number of hydrogen-bond acceptors (Lipinski definition) is 3. The van der Waals surface area contributed by atoms with Crippen LogP contribution in [0.1, 0.15) is 37.7 Å². The van der Waals surface area contributed by atoms with Gasteiger partial charge >= 0.3 is 5.97 Å². The highest BCUT2D eigenvalue weighted by molar-refractivity contribution is 6.33. The first-order valence-corrected chi connectivity index (χ1v) is 6.94. The molecule has 1 aromatic rings. The van der Waals surface area contributed by atoms with Crippen LogP contribution < -0.4 is 4.90 Å². The first kappa shape index (κ1) is 14.1. The lowest BCUT2D eigenvalue weighted by molar-refractivity contribution is 0.0690. The van der Waals surface area contributed by atoms with Gasteiger partial charge in [0.05, 0.1) is 5.02 Å². The molecule has 19 heavy (non-hydrogen) atoms. The number of nitrogens with zero attached hydrogens (tertiary/aromatic N) is 2. The van der Waals surface area contributed by atoms with Crippen molar-refractivity contribution in [3.8, 4) is 0 Å². The molecule has 0 aliphatic carbocycles. The van der Waals surface area contributed by atoms with Crippen LogP contribution in [0.2, 0.25) is 5.02 Å². The number of carboxylic acids is 1. The Balaban J connectivity index is 2.35. The van der Waals surface area contributed by atoms with Crippen molar-refractivity contribution >= 4 is 23.4 Å². The molecule has 0 saturated carbocycles. The summed E-state index contributed by atoms with van der Waals surface area (Å²) in [6.07, 6.45) is 1.19. The van der Waals surface area contributed by atoms with E-state index in [1.54, 1.807) is 12.1 Å². The minimum absolute atomic E-state index is 0.0720. The first-order valence-electron chi connectivity index (χ1n) is 6.56. The molecule has 0 radical (unpaired) electrons. The van der Waals surface area contributed by atoms with Crippen LogP contribution in [-0.2, 0) is 0 Å². The Labute approximate surface area is 118 Å². The lowest BCUT2D eigenvalue weighted by Gasteiger charge is -2.42. The number of anilines is 1. The van der Waals surface area contributed by atoms with Gasteiger partial charge in [-0.3, -0.25) is 0 Å². The standard InChI is InChI=1S/C14H19ClN2O2/c1-8-6-9(2)10(3)17(7-8)12-5-4-11(15)13(16-12)14(18)19/h4-5,8-10H,6-7H2,1-3H3,(H,18,19). The molecular formula is C14H19ClN2O2. The molecule has 2 heterocycles. The van der Waals surface area contributed by atoms with Crippen LogP contribution in [0.3, 0.4) is 0 Å². The molecular weight excluding hydrogens is 264 g/mol. The minimum Gasteiger partial charge on any atom is -0.476 e. The third-order valence-corrected chi connectivity index (χ3v) is 4.23. The quantitative estimate of drug-likeness (QED) is 0.904. The Morgan fingerprint density at radius 3 is 2.74 bits per heavy atom. The van der Waals surface area contributed by atoms with Gasteiger partial charge in [-0.1, -0.05) is 25.4 Å². The summed E-state index contributed by atoms with van der Waals surface area (Å²) in [6.45, 7) is 7.50. The molecule has 1 N–H and O–H groups in total. The molecule has 0 bridgehead atoms. The molecule has 4 nitrogen and oxygen atoms in total. The second-order valence-electron chi connectivity index (χ2n) is 5.52. The van der Waals surface area contributed by atoms with Crippen LogP contribution in [0.25, 0.3) is 0 Å². The molecule has 1 saturated heterocycles. The molecule has 1 fully saturated rings. The zero-order chi connectivity index (χ0) is 14.2. The normalized spacial score (nSPS) is 27.4. The summed E-state index contributed by atoms with van der Waals surface area (Å²) in [5.41, 5.74) is -0.0720. The van der Waals surface area contributed by atoms with Crippen molar-refractivity contribution in [1.29, 1.82) is 0 Å². The van der Waals surface area contributed by atoms with Gasteiger partial charge < -0.3 is 10.0 Å². The van der Waals surface area contributed by atoms with E-state index in [-0.39, 0.29) is 10.7 Å². The van der Waals surface area contributed by atoms with Crippen molar-refractivity contribution in [2.24, 2.45) is 11.8 Å². The first-order chi connectivity index (χ1) is 8.90. The molecule has 1 aliphatic rings. The smallest absolute Gasteiger partial charge is 0.356 e. The van der Waals surface area contributed by atoms with Gasteiger partial charge in [0.15, 0.2) is 5.69 Å². The predicted octanol–water partition coefficient (Wildman–Crippen LogP) is 3.30. The Kier molecular flexibility index (Phi) is 3.99. The lowest BCUT2D eigenvalue weighted by atomic mass is 9.86. The molecule has 1 aromatic heterocycles. The van der Waals surface area contributed by atoms with E-state index in [1.807, 2.05) is 0 Å². The van der Waals surface area contributed by atoms with Gasteiger partial charge in [-0.05, 0) is 37.3 Å². The number of pyridine rings is 1. The summed E-state index contributed by atoms with van der Waals surface area (Å²) in [7, 11) is 0. The van der Waals surface area contributed by atoms with Gasteiger partial charge in [0.2, 0.25) is 0 Å². The van der Waals surface area contributed by atoms with Crippen LogP contribution in [0.5, 0.6) is 0 Å². The van der Waals surface area contributed by atoms with E-state index in [0.29, 0.717) is 23.7 Å². The predicted molar refractivity (Wildman–Crippen MR) is 76.0 cm³/mol. The van der Waals surface area contributed by atoms with Crippen molar-refractivity contribution in [2.45, 2.75) is 33.2 Å². The monoisotopic (exact) mass is 282 g/mol. The van der Waals surface area contributed by atoms with Crippen molar-refractivity contribution in [2.75, 3.05) is 11.4 Å². The molecule has 1 aliphatic heterocycles. The van der Waals surface area contributed by atoms with Gasteiger partial charge in [0.25, 0.3) is 0 Å². The summed E-state index contributed by atoms with van der Waals surface area (Å²) >= 11 is 5.86. The van der Waals surface area contributed by atoms with E-state index < -0.39 is 5.97 Å². The van der Waals surface area contributed by atoms with Gasteiger partial charge in [0.1, 0.15) is 5.82 Å². The van der Waals surface area contributed by atoms with Gasteiger partial charge in [-0.25, -0.2) is 9.78 Å². The third-order valence-electron chi connectivity index (χ3n) is 3.93. The lowest BCUT2D eigenvalue weighted by Crippen LogP contribution is -2.46. The average molecular weight is 283 g/mol. The highest BCUT2D eigenvalue weighted by Crippen LogP contribution is 2.31. The molecule has 3 unspecified atom stereocenters. The van der Waals surface area contributed by atoms with Crippen LogP contribution in [0.4, 0.5) is 5.82 Å². The van der Waals surface area contributed by atoms with Crippen LogP contribution in [0.15, 0.2) is 12.1 Å². The van der Waals surface area contributed by atoms with E-state index >= 15 is 0 Å². The number of piperidine rings is 1. The second-order valence-corrected chi connectivity index (χ2v) is 5.92. The van der Waals surface area contributed by atoms with Crippen molar-refractivity contribution in [3.05, 3.63) is 22.8 Å². The third kappa shape index (κ3) is 2.84. The highest BCUT2D eigenvalue weighted by Gasteiger charge is 2.30. The maximum Gasteiger partial charge on any atom is 0.356 e. The van der Waals surface area contributed by atoms with Gasteiger partial charge in [-0.2, -0.15) is 0 Å². The highest BCUT2D eigenvalue weighted by atomic mass is 35.5. The summed E-state index contributed by atoms with van der Waals surface area (Å²) in [5, 5.41) is 9.28. The number of halogens is 1. The van der Waals surface area contributed by atoms with Gasteiger partial charge in [-0.15, -0.1) is 0 Å². The van der Waals surface area contributed by atoms with E-state index in [4.69, 9.17) is 16.7 Å². The fraction of sp³-hybridized carbons (Fsp3) is 0.571. The van der Waals surface area contributed by atoms with Crippen molar-refractivity contribution < 1.29 is 9.90 Å². The molecule has 2 rings (SSSR count). The molecule has 104 valence electrons. The maximum atomic E-state index is 11.1. The van der Waals surface area contributed by atoms with E-state index in [9.17, 15) is 4.79 Å². The summed E-state index contributed by atoms with van der Waals surface area (Å²) in [6, 6.07) is 3.77. The molecule has 5 heteroatoms. The Morgan fingerprint density at radius 2 is 2.11 bits per heavy atom. The topological polar surface area (TPSA) is 53.4 Å². The largest absolute Gasteiger partial charge is 0.476 e. The molecule has 0 spiro atoms. The number of aromatic nitrogens is 1.